The van der Waals surface area contributed by atoms with Gasteiger partial charge in [-0.15, -0.1) is 11.3 Å². The number of benzene rings is 3. The summed E-state index contributed by atoms with van der Waals surface area (Å²) in [6.07, 6.45) is 4.39. The quantitative estimate of drug-likeness (QED) is 0.172. The maximum absolute atomic E-state index is 5.04. The molecule has 0 N–H and O–H groups in total. The smallest absolute Gasteiger partial charge is 0.163 e. The molecule has 7 aromatic rings. The van der Waals surface area contributed by atoms with Gasteiger partial charge in [-0.1, -0.05) is 106 Å². The highest BCUT2D eigenvalue weighted by Crippen LogP contribution is 2.40. The number of nitrogens with zero attached hydrogens (tertiary/aromatic N) is 6. The molecule has 4 aromatic heterocycles. The van der Waals surface area contributed by atoms with E-state index in [4.69, 9.17) is 24.9 Å². The summed E-state index contributed by atoms with van der Waals surface area (Å²) in [6, 6.07) is 30.4. The summed E-state index contributed by atoms with van der Waals surface area (Å²) >= 11 is 1.65. The fourth-order valence-electron chi connectivity index (χ4n) is 5.46. The predicted octanol–water partition coefficient (Wildman–Crippen LogP) is 9.33. The number of pyridine rings is 1. The largest absolute Gasteiger partial charge is 0.236 e. The molecule has 0 atom stereocenters. The van der Waals surface area contributed by atoms with Crippen LogP contribution in [0.1, 0.15) is 35.9 Å². The Kier molecular flexibility index (Phi) is 7.53. The third-order valence-corrected chi connectivity index (χ3v) is 8.70. The van der Waals surface area contributed by atoms with Crippen LogP contribution >= 0.6 is 11.3 Å². The van der Waals surface area contributed by atoms with Gasteiger partial charge in [-0.25, -0.2) is 29.9 Å². The molecule has 0 bridgehead atoms. The lowest BCUT2D eigenvalue weighted by Crippen LogP contribution is -2.08. The number of hydrogen-bond acceptors (Lipinski definition) is 7. The van der Waals surface area contributed by atoms with Crippen LogP contribution in [0, 0.1) is 5.92 Å². The Morgan fingerprint density at radius 3 is 2.22 bits per heavy atom. The predicted molar refractivity (Wildman–Crippen MR) is 186 cm³/mol. The molecule has 0 aliphatic carbocycles. The van der Waals surface area contributed by atoms with E-state index in [2.05, 4.69) is 62.3 Å². The zero-order valence-corrected chi connectivity index (χ0v) is 25.9. The van der Waals surface area contributed by atoms with E-state index in [1.54, 1.807) is 17.5 Å². The van der Waals surface area contributed by atoms with Gasteiger partial charge < -0.3 is 0 Å². The molecule has 0 fully saturated rings. The van der Waals surface area contributed by atoms with Gasteiger partial charge in [0.2, 0.25) is 0 Å². The highest BCUT2D eigenvalue weighted by atomic mass is 32.1. The highest BCUT2D eigenvalue weighted by molar-refractivity contribution is 7.20. The zero-order valence-electron chi connectivity index (χ0n) is 25.1. The first-order valence-corrected chi connectivity index (χ1v) is 15.7. The van der Waals surface area contributed by atoms with E-state index in [-0.39, 0.29) is 0 Å². The summed E-state index contributed by atoms with van der Waals surface area (Å²) in [4.78, 5) is 30.1. The molecule has 0 unspecified atom stereocenters. The van der Waals surface area contributed by atoms with Crippen molar-refractivity contribution in [3.8, 4) is 34.0 Å². The molecule has 45 heavy (non-hydrogen) atoms. The molecule has 0 aliphatic heterocycles. The van der Waals surface area contributed by atoms with Crippen molar-refractivity contribution in [3.05, 3.63) is 132 Å². The molecule has 0 amide bonds. The van der Waals surface area contributed by atoms with Crippen molar-refractivity contribution in [1.82, 2.24) is 29.9 Å². The highest BCUT2D eigenvalue weighted by Gasteiger charge is 2.20. The van der Waals surface area contributed by atoms with Gasteiger partial charge in [-0.2, -0.15) is 0 Å². The van der Waals surface area contributed by atoms with Crippen molar-refractivity contribution in [2.75, 3.05) is 0 Å². The lowest BCUT2D eigenvalue weighted by Gasteiger charge is -2.12. The van der Waals surface area contributed by atoms with E-state index < -0.39 is 0 Å². The molecule has 7 heteroatoms. The van der Waals surface area contributed by atoms with Crippen LogP contribution in [0.25, 0.3) is 66.8 Å². The van der Waals surface area contributed by atoms with Gasteiger partial charge in [0.1, 0.15) is 5.82 Å². The molecular weight excluding hydrogens is 573 g/mol. The fourth-order valence-corrected chi connectivity index (χ4v) is 6.58. The molecule has 0 spiro atoms. The van der Waals surface area contributed by atoms with Crippen molar-refractivity contribution in [2.24, 2.45) is 5.92 Å². The second kappa shape index (κ2) is 11.9. The second-order valence-electron chi connectivity index (χ2n) is 11.2. The Morgan fingerprint density at radius 1 is 0.756 bits per heavy atom. The summed E-state index contributed by atoms with van der Waals surface area (Å²) in [6.45, 7) is 13.0. The SMILES string of the molecule is C=Cc1sc2cc(-c3nc(-c4ccccc4)c4cccnc4n3)ccc2c1C(=C)c1nc(CC(C)C)nc(-c2ccccc2)n1. The van der Waals surface area contributed by atoms with Crippen molar-refractivity contribution in [2.45, 2.75) is 20.3 Å². The molecule has 0 aliphatic rings. The number of thiophene rings is 1. The molecule has 0 radical (unpaired) electrons. The van der Waals surface area contributed by atoms with E-state index in [9.17, 15) is 0 Å². The third kappa shape index (κ3) is 5.54. The number of hydrogen-bond donors (Lipinski definition) is 0. The second-order valence-corrected chi connectivity index (χ2v) is 12.3. The molecule has 0 saturated heterocycles. The standard InChI is InChI=1S/C38H30N6S/c1-5-30-33(24(4)35-40-32(21-23(2)3)41-36(43-35)26-15-10-7-11-16-26)28-19-18-27(22-31(28)45-30)37-42-34(25-13-8-6-9-14-25)29-17-12-20-39-38(29)44-37/h5-20,22-23H,1,4,21H2,2-3H3. The van der Waals surface area contributed by atoms with Crippen molar-refractivity contribution in [3.63, 3.8) is 0 Å². The van der Waals surface area contributed by atoms with Gasteiger partial charge in [0.25, 0.3) is 0 Å². The van der Waals surface area contributed by atoms with Gasteiger partial charge in [-0.05, 0) is 24.1 Å². The van der Waals surface area contributed by atoms with Gasteiger partial charge in [0, 0.05) is 60.8 Å². The summed E-state index contributed by atoms with van der Waals surface area (Å²) in [5.74, 6) is 3.00. The minimum atomic E-state index is 0.399. The maximum Gasteiger partial charge on any atom is 0.163 e. The monoisotopic (exact) mass is 602 g/mol. The first kappa shape index (κ1) is 28.4. The Balaban J connectivity index is 1.34. The van der Waals surface area contributed by atoms with Gasteiger partial charge in [0.15, 0.2) is 23.1 Å². The van der Waals surface area contributed by atoms with Crippen molar-refractivity contribution in [1.29, 1.82) is 0 Å². The van der Waals surface area contributed by atoms with Crippen LogP contribution in [-0.4, -0.2) is 29.9 Å². The van der Waals surface area contributed by atoms with Crippen LogP contribution in [-0.2, 0) is 6.42 Å². The van der Waals surface area contributed by atoms with E-state index in [1.807, 2.05) is 66.7 Å². The average molecular weight is 603 g/mol. The maximum atomic E-state index is 5.04. The van der Waals surface area contributed by atoms with Crippen LogP contribution in [0.3, 0.4) is 0 Å². The van der Waals surface area contributed by atoms with E-state index in [0.717, 1.165) is 66.1 Å². The summed E-state index contributed by atoms with van der Waals surface area (Å²) < 4.78 is 1.07. The Hall–Kier alpha value is -5.40. The molecule has 218 valence electrons. The first-order valence-electron chi connectivity index (χ1n) is 14.9. The topological polar surface area (TPSA) is 77.3 Å². The Bertz CT molecular complexity index is 2200. The third-order valence-electron chi connectivity index (χ3n) is 7.56. The van der Waals surface area contributed by atoms with Crippen LogP contribution < -0.4 is 0 Å². The Labute approximate surface area is 266 Å². The minimum Gasteiger partial charge on any atom is -0.236 e. The lowest BCUT2D eigenvalue weighted by molar-refractivity contribution is 0.617. The van der Waals surface area contributed by atoms with Crippen LogP contribution in [0.5, 0.6) is 0 Å². The van der Waals surface area contributed by atoms with Crippen LogP contribution in [0.4, 0.5) is 0 Å². The zero-order chi connectivity index (χ0) is 30.9. The van der Waals surface area contributed by atoms with Crippen LogP contribution in [0.15, 0.2) is 110 Å². The molecule has 7 rings (SSSR count). The fraction of sp³-hybridized carbons (Fsp3) is 0.105. The summed E-state index contributed by atoms with van der Waals surface area (Å²) in [7, 11) is 0. The molecule has 4 heterocycles. The molecule has 0 saturated carbocycles. The normalized spacial score (nSPS) is 11.4. The summed E-state index contributed by atoms with van der Waals surface area (Å²) in [5, 5.41) is 1.97. The van der Waals surface area contributed by atoms with Crippen molar-refractivity contribution >= 4 is 44.1 Å². The summed E-state index contributed by atoms with van der Waals surface area (Å²) in [5.41, 5.74) is 6.11. The van der Waals surface area contributed by atoms with Crippen LogP contribution in [0.2, 0.25) is 0 Å². The average Bonchev–Trinajstić information content (AvgIpc) is 3.46. The Morgan fingerprint density at radius 2 is 1.49 bits per heavy atom. The molecule has 6 nitrogen and oxygen atoms in total. The molecular formula is C38H30N6S. The first-order chi connectivity index (χ1) is 22.0. The van der Waals surface area contributed by atoms with E-state index in [1.165, 1.54) is 0 Å². The van der Waals surface area contributed by atoms with Gasteiger partial charge >= 0.3 is 0 Å². The molecule has 3 aromatic carbocycles. The number of aromatic nitrogens is 6. The number of rotatable bonds is 8. The lowest BCUT2D eigenvalue weighted by atomic mass is 10.0. The van der Waals surface area contributed by atoms with Crippen molar-refractivity contribution < 1.29 is 0 Å². The minimum absolute atomic E-state index is 0.399. The van der Waals surface area contributed by atoms with Gasteiger partial charge in [0.05, 0.1) is 5.69 Å². The number of fused-ring (bicyclic) bond motifs is 2. The van der Waals surface area contributed by atoms with Gasteiger partial charge in [-0.3, -0.25) is 0 Å². The van der Waals surface area contributed by atoms with E-state index in [0.29, 0.717) is 29.0 Å². The van der Waals surface area contributed by atoms with E-state index >= 15 is 0 Å².